The average molecular weight is 482 g/mol. The van der Waals surface area contributed by atoms with Crippen molar-refractivity contribution in [2.75, 3.05) is 31.1 Å². The molecule has 2 N–H and O–H groups in total. The second-order valence-corrected chi connectivity index (χ2v) is 9.36. The van der Waals surface area contributed by atoms with Crippen molar-refractivity contribution in [1.29, 1.82) is 0 Å². The second-order valence-electron chi connectivity index (χ2n) is 6.63. The molecule has 0 spiro atoms. The molecule has 0 unspecified atom stereocenters. The van der Waals surface area contributed by atoms with Crippen molar-refractivity contribution in [2.24, 2.45) is 5.73 Å². The predicted molar refractivity (Wildman–Crippen MR) is 110 cm³/mol. The normalized spacial score (nSPS) is 15.7. The third-order valence-electron chi connectivity index (χ3n) is 4.87. The SMILES string of the molecule is NC(=O)c1cc2c(Br)c(N3CCN(S(=O)(=O)c4cccc(F)c4)CC3)ccc2o1. The summed E-state index contributed by atoms with van der Waals surface area (Å²) in [7, 11) is -3.75. The molecule has 1 aromatic heterocycles. The number of nitrogens with two attached hydrogens (primary N) is 1. The van der Waals surface area contributed by atoms with Crippen LogP contribution >= 0.6 is 15.9 Å². The number of fused-ring (bicyclic) bond motifs is 1. The van der Waals surface area contributed by atoms with Gasteiger partial charge in [0.1, 0.15) is 11.4 Å². The van der Waals surface area contributed by atoms with Crippen LogP contribution in [0.15, 0.2) is 56.2 Å². The molecule has 29 heavy (non-hydrogen) atoms. The van der Waals surface area contributed by atoms with Gasteiger partial charge in [-0.15, -0.1) is 0 Å². The molecule has 1 aliphatic heterocycles. The molecule has 1 amide bonds. The van der Waals surface area contributed by atoms with Crippen molar-refractivity contribution in [3.63, 3.8) is 0 Å². The van der Waals surface area contributed by atoms with Crippen molar-refractivity contribution >= 4 is 48.5 Å². The molecule has 10 heteroatoms. The van der Waals surface area contributed by atoms with E-state index in [0.29, 0.717) is 24.1 Å². The van der Waals surface area contributed by atoms with E-state index in [2.05, 4.69) is 15.9 Å². The average Bonchev–Trinajstić information content (AvgIpc) is 3.14. The minimum Gasteiger partial charge on any atom is -0.451 e. The monoisotopic (exact) mass is 481 g/mol. The van der Waals surface area contributed by atoms with E-state index in [0.717, 1.165) is 16.2 Å². The molecule has 1 fully saturated rings. The Labute approximate surface area is 175 Å². The maximum atomic E-state index is 13.4. The smallest absolute Gasteiger partial charge is 0.284 e. The third kappa shape index (κ3) is 3.63. The topological polar surface area (TPSA) is 96.9 Å². The van der Waals surface area contributed by atoms with Gasteiger partial charge in [-0.3, -0.25) is 4.79 Å². The lowest BCUT2D eigenvalue weighted by Crippen LogP contribution is -2.48. The Kier molecular flexibility index (Phi) is 5.09. The van der Waals surface area contributed by atoms with Gasteiger partial charge in [-0.2, -0.15) is 4.31 Å². The molecule has 0 saturated carbocycles. The number of halogens is 2. The molecule has 2 aromatic carbocycles. The number of piperazine rings is 1. The number of furan rings is 1. The highest BCUT2D eigenvalue weighted by atomic mass is 79.9. The van der Waals surface area contributed by atoms with E-state index < -0.39 is 21.7 Å². The first-order valence-electron chi connectivity index (χ1n) is 8.80. The first-order chi connectivity index (χ1) is 13.8. The molecule has 1 saturated heterocycles. The van der Waals surface area contributed by atoms with E-state index in [4.69, 9.17) is 10.2 Å². The van der Waals surface area contributed by atoms with Crippen molar-refractivity contribution < 1.29 is 22.0 Å². The van der Waals surface area contributed by atoms with Crippen molar-refractivity contribution in [1.82, 2.24) is 4.31 Å². The van der Waals surface area contributed by atoms with Crippen molar-refractivity contribution in [2.45, 2.75) is 4.90 Å². The predicted octanol–water partition coefficient (Wildman–Crippen LogP) is 2.94. The fraction of sp³-hybridized carbons (Fsp3) is 0.211. The van der Waals surface area contributed by atoms with Gasteiger partial charge in [-0.1, -0.05) is 6.07 Å². The molecule has 3 aromatic rings. The van der Waals surface area contributed by atoms with Crippen LogP contribution < -0.4 is 10.6 Å². The quantitative estimate of drug-likeness (QED) is 0.617. The Morgan fingerprint density at radius 3 is 2.48 bits per heavy atom. The van der Waals surface area contributed by atoms with Crippen LogP contribution in [0.25, 0.3) is 11.0 Å². The summed E-state index contributed by atoms with van der Waals surface area (Å²) in [6, 6.07) is 10.2. The van der Waals surface area contributed by atoms with E-state index in [-0.39, 0.29) is 23.7 Å². The Hall–Kier alpha value is -2.43. The van der Waals surface area contributed by atoms with Gasteiger partial charge in [-0.05, 0) is 52.3 Å². The zero-order valence-electron chi connectivity index (χ0n) is 15.1. The number of carbonyl (C=O) groups excluding carboxylic acids is 1. The number of carbonyl (C=O) groups is 1. The number of anilines is 1. The number of primary amides is 1. The van der Waals surface area contributed by atoms with E-state index in [9.17, 15) is 17.6 Å². The van der Waals surface area contributed by atoms with E-state index in [1.54, 1.807) is 12.1 Å². The first kappa shape index (κ1) is 19.9. The molecule has 0 radical (unpaired) electrons. The summed E-state index contributed by atoms with van der Waals surface area (Å²) in [5, 5.41) is 0.714. The lowest BCUT2D eigenvalue weighted by Gasteiger charge is -2.35. The standard InChI is InChI=1S/C19H17BrFN3O4S/c20-18-14-11-17(19(22)25)28-16(14)5-4-15(18)23-6-8-24(9-7-23)29(26,27)13-3-1-2-12(21)10-13/h1-5,10-11H,6-9H2,(H2,22,25). The Morgan fingerprint density at radius 2 is 1.83 bits per heavy atom. The summed E-state index contributed by atoms with van der Waals surface area (Å²) in [6.45, 7) is 1.45. The van der Waals surface area contributed by atoms with Crippen LogP contribution in [-0.2, 0) is 10.0 Å². The zero-order valence-corrected chi connectivity index (χ0v) is 17.5. The highest BCUT2D eigenvalue weighted by molar-refractivity contribution is 9.10. The lowest BCUT2D eigenvalue weighted by atomic mass is 10.2. The number of rotatable bonds is 4. The van der Waals surface area contributed by atoms with Crippen LogP contribution in [0, 0.1) is 5.82 Å². The number of benzene rings is 2. The largest absolute Gasteiger partial charge is 0.451 e. The van der Waals surface area contributed by atoms with Crippen LogP contribution in [0.3, 0.4) is 0 Å². The fourth-order valence-corrected chi connectivity index (χ4v) is 5.52. The number of hydrogen-bond donors (Lipinski definition) is 1. The van der Waals surface area contributed by atoms with Gasteiger partial charge in [0.15, 0.2) is 5.76 Å². The van der Waals surface area contributed by atoms with Gasteiger partial charge in [0, 0.05) is 31.6 Å². The van der Waals surface area contributed by atoms with Gasteiger partial charge in [0.2, 0.25) is 10.0 Å². The molecular weight excluding hydrogens is 465 g/mol. The molecule has 152 valence electrons. The highest BCUT2D eigenvalue weighted by Crippen LogP contribution is 2.36. The maximum absolute atomic E-state index is 13.4. The van der Waals surface area contributed by atoms with Gasteiger partial charge in [0.05, 0.1) is 15.1 Å². The molecular formula is C19H17BrFN3O4S. The van der Waals surface area contributed by atoms with Crippen molar-refractivity contribution in [3.05, 3.63) is 58.5 Å². The zero-order chi connectivity index (χ0) is 20.8. The minimum atomic E-state index is -3.75. The number of hydrogen-bond acceptors (Lipinski definition) is 5. The van der Waals surface area contributed by atoms with Crippen LogP contribution in [0.5, 0.6) is 0 Å². The molecule has 2 heterocycles. The third-order valence-corrected chi connectivity index (χ3v) is 7.60. The van der Waals surface area contributed by atoms with E-state index in [1.807, 2.05) is 11.0 Å². The second kappa shape index (κ2) is 7.43. The van der Waals surface area contributed by atoms with Gasteiger partial charge in [-0.25, -0.2) is 12.8 Å². The molecule has 7 nitrogen and oxygen atoms in total. The van der Waals surface area contributed by atoms with Crippen LogP contribution in [0.4, 0.5) is 10.1 Å². The Bertz CT molecular complexity index is 1200. The molecule has 1 aliphatic rings. The maximum Gasteiger partial charge on any atom is 0.284 e. The van der Waals surface area contributed by atoms with E-state index >= 15 is 0 Å². The summed E-state index contributed by atoms with van der Waals surface area (Å²) >= 11 is 3.55. The first-order valence-corrected chi connectivity index (χ1v) is 11.0. The number of sulfonamides is 1. The lowest BCUT2D eigenvalue weighted by molar-refractivity contribution is 0.0976. The van der Waals surface area contributed by atoms with Crippen molar-refractivity contribution in [3.8, 4) is 0 Å². The van der Waals surface area contributed by atoms with E-state index in [1.165, 1.54) is 22.5 Å². The summed E-state index contributed by atoms with van der Waals surface area (Å²) in [4.78, 5) is 13.3. The summed E-state index contributed by atoms with van der Waals surface area (Å²) in [6.07, 6.45) is 0. The Morgan fingerprint density at radius 1 is 1.10 bits per heavy atom. The highest BCUT2D eigenvalue weighted by Gasteiger charge is 2.29. The Balaban J connectivity index is 1.55. The number of amides is 1. The van der Waals surface area contributed by atoms with Gasteiger partial charge >= 0.3 is 0 Å². The fourth-order valence-electron chi connectivity index (χ4n) is 3.38. The van der Waals surface area contributed by atoms with Gasteiger partial charge in [0.25, 0.3) is 5.91 Å². The molecule has 0 bridgehead atoms. The number of nitrogens with zero attached hydrogens (tertiary/aromatic N) is 2. The van der Waals surface area contributed by atoms with Gasteiger partial charge < -0.3 is 15.1 Å². The summed E-state index contributed by atoms with van der Waals surface area (Å²) in [5.41, 5.74) is 6.67. The van der Waals surface area contributed by atoms with Crippen LogP contribution in [-0.4, -0.2) is 44.8 Å². The molecule has 0 aliphatic carbocycles. The van der Waals surface area contributed by atoms with Crippen LogP contribution in [0.1, 0.15) is 10.6 Å². The summed E-state index contributed by atoms with van der Waals surface area (Å²) < 4.78 is 46.5. The molecule has 0 atom stereocenters. The summed E-state index contributed by atoms with van der Waals surface area (Å²) in [5.74, 6) is -1.16. The molecule has 4 rings (SSSR count). The minimum absolute atomic E-state index is 0.0501. The van der Waals surface area contributed by atoms with Crippen LogP contribution in [0.2, 0.25) is 0 Å².